The van der Waals surface area contributed by atoms with Crippen LogP contribution in [-0.4, -0.2) is 23.0 Å². The van der Waals surface area contributed by atoms with E-state index < -0.39 is 5.97 Å². The number of esters is 1. The molecule has 0 N–H and O–H groups in total. The zero-order chi connectivity index (χ0) is 19.7. The van der Waals surface area contributed by atoms with E-state index in [2.05, 4.69) is 24.0 Å². The lowest BCUT2D eigenvalue weighted by Crippen LogP contribution is -1.98. The van der Waals surface area contributed by atoms with Gasteiger partial charge in [0, 0.05) is 10.4 Å². The molecule has 0 atom stereocenters. The Bertz CT molecular complexity index is 1150. The Morgan fingerprint density at radius 1 is 1.14 bits per heavy atom. The van der Waals surface area contributed by atoms with Gasteiger partial charge in [-0.3, -0.25) is 0 Å². The molecule has 3 aromatic heterocycles. The third-order valence-electron chi connectivity index (χ3n) is 4.27. The average Bonchev–Trinajstić information content (AvgIpc) is 3.30. The van der Waals surface area contributed by atoms with Gasteiger partial charge in [-0.05, 0) is 31.5 Å². The Morgan fingerprint density at radius 3 is 2.68 bits per heavy atom. The third kappa shape index (κ3) is 3.55. The molecule has 1 aromatic carbocycles. The number of ether oxygens (including phenoxy) is 1. The van der Waals surface area contributed by atoms with Gasteiger partial charge in [0.15, 0.2) is 0 Å². The summed E-state index contributed by atoms with van der Waals surface area (Å²) < 4.78 is 10.3. The van der Waals surface area contributed by atoms with Gasteiger partial charge in [-0.25, -0.2) is 14.8 Å². The Balaban J connectivity index is 1.72. The largest absolute Gasteiger partial charge is 0.463 e. The van der Waals surface area contributed by atoms with E-state index in [1.165, 1.54) is 17.6 Å². The number of carbonyl (C=O) groups excluding carboxylic acids is 1. The molecule has 28 heavy (non-hydrogen) atoms. The van der Waals surface area contributed by atoms with E-state index in [4.69, 9.17) is 14.1 Å². The highest BCUT2D eigenvalue weighted by Crippen LogP contribution is 2.42. The maximum absolute atomic E-state index is 11.6. The molecule has 7 heteroatoms. The van der Waals surface area contributed by atoms with Gasteiger partial charge in [0.1, 0.15) is 21.4 Å². The molecule has 0 saturated carbocycles. The first-order chi connectivity index (χ1) is 13.6. The van der Waals surface area contributed by atoms with Crippen LogP contribution in [0.4, 0.5) is 0 Å². The normalized spacial score (nSPS) is 11.1. The molecule has 0 saturated heterocycles. The summed E-state index contributed by atoms with van der Waals surface area (Å²) in [6.07, 6.45) is 0. The zero-order valence-electron chi connectivity index (χ0n) is 15.7. The minimum atomic E-state index is -0.476. The van der Waals surface area contributed by atoms with Crippen LogP contribution in [0.2, 0.25) is 0 Å². The highest BCUT2D eigenvalue weighted by Gasteiger charge is 2.19. The Labute approximate surface area is 170 Å². The monoisotopic (exact) mass is 410 g/mol. The van der Waals surface area contributed by atoms with Gasteiger partial charge in [-0.15, -0.1) is 11.3 Å². The molecule has 0 radical (unpaired) electrons. The quantitative estimate of drug-likeness (QED) is 0.241. The van der Waals surface area contributed by atoms with Crippen molar-refractivity contribution in [3.8, 4) is 11.1 Å². The van der Waals surface area contributed by atoms with E-state index in [1.54, 1.807) is 35.2 Å². The number of aryl methyl sites for hydroxylation is 2. The van der Waals surface area contributed by atoms with Gasteiger partial charge >= 0.3 is 5.97 Å². The minimum absolute atomic E-state index is 0.207. The third-order valence-corrected chi connectivity index (χ3v) is 6.26. The first-order valence-corrected chi connectivity index (χ1v) is 10.5. The van der Waals surface area contributed by atoms with E-state index in [1.807, 2.05) is 25.1 Å². The van der Waals surface area contributed by atoms with E-state index >= 15 is 0 Å². The smallest absolute Gasteiger partial charge is 0.373 e. The molecule has 4 aromatic rings. The number of fused-ring (bicyclic) bond motifs is 1. The van der Waals surface area contributed by atoms with Crippen molar-refractivity contribution in [2.75, 3.05) is 7.11 Å². The lowest BCUT2D eigenvalue weighted by atomic mass is 10.0. The molecule has 0 unspecified atom stereocenters. The molecule has 0 bridgehead atoms. The maximum atomic E-state index is 11.6. The fraction of sp³-hybridized carbons (Fsp3) is 0.190. The predicted octanol–water partition coefficient (Wildman–Crippen LogP) is 5.65. The molecule has 5 nitrogen and oxygen atoms in total. The van der Waals surface area contributed by atoms with Crippen LogP contribution in [0.15, 0.2) is 51.9 Å². The summed E-state index contributed by atoms with van der Waals surface area (Å²) in [5.41, 5.74) is 2.34. The maximum Gasteiger partial charge on any atom is 0.373 e. The number of methoxy groups -OCH3 is 1. The minimum Gasteiger partial charge on any atom is -0.463 e. The van der Waals surface area contributed by atoms with Crippen LogP contribution in [0.1, 0.15) is 27.0 Å². The van der Waals surface area contributed by atoms with Crippen molar-refractivity contribution in [1.82, 2.24) is 9.97 Å². The summed E-state index contributed by atoms with van der Waals surface area (Å²) in [5, 5.41) is 1.99. The molecule has 0 aliphatic heterocycles. The van der Waals surface area contributed by atoms with Crippen LogP contribution in [0.3, 0.4) is 0 Å². The van der Waals surface area contributed by atoms with Gasteiger partial charge in [0.2, 0.25) is 5.76 Å². The van der Waals surface area contributed by atoms with Gasteiger partial charge in [0.05, 0.1) is 18.2 Å². The highest BCUT2D eigenvalue weighted by atomic mass is 32.2. The molecule has 0 aliphatic rings. The number of hydrogen-bond donors (Lipinski definition) is 0. The topological polar surface area (TPSA) is 65.2 Å². The van der Waals surface area contributed by atoms with Crippen molar-refractivity contribution in [1.29, 1.82) is 0 Å². The zero-order valence-corrected chi connectivity index (χ0v) is 17.3. The van der Waals surface area contributed by atoms with Crippen molar-refractivity contribution in [3.05, 3.63) is 64.7 Å². The second-order valence-corrected chi connectivity index (χ2v) is 8.37. The number of aromatic nitrogens is 2. The van der Waals surface area contributed by atoms with E-state index in [0.717, 1.165) is 26.6 Å². The lowest BCUT2D eigenvalue weighted by molar-refractivity contribution is 0.0563. The van der Waals surface area contributed by atoms with E-state index in [9.17, 15) is 4.79 Å². The van der Waals surface area contributed by atoms with Crippen LogP contribution < -0.4 is 0 Å². The Kier molecular flexibility index (Phi) is 5.19. The molecule has 142 valence electrons. The van der Waals surface area contributed by atoms with Crippen molar-refractivity contribution < 1.29 is 13.9 Å². The van der Waals surface area contributed by atoms with Crippen LogP contribution >= 0.6 is 23.1 Å². The number of thiophene rings is 1. The van der Waals surface area contributed by atoms with E-state index in [-0.39, 0.29) is 5.76 Å². The fourth-order valence-corrected chi connectivity index (χ4v) is 5.17. The molecule has 4 rings (SSSR count). The summed E-state index contributed by atoms with van der Waals surface area (Å²) in [5.74, 6) is 1.73. The second-order valence-electron chi connectivity index (χ2n) is 6.20. The number of nitrogens with zero attached hydrogens (tertiary/aromatic N) is 2. The molecule has 0 spiro atoms. The Hall–Kier alpha value is -2.64. The van der Waals surface area contributed by atoms with Crippen molar-refractivity contribution in [2.45, 2.75) is 24.6 Å². The predicted molar refractivity (Wildman–Crippen MR) is 112 cm³/mol. The van der Waals surface area contributed by atoms with Gasteiger partial charge in [-0.2, -0.15) is 0 Å². The lowest BCUT2D eigenvalue weighted by Gasteiger charge is -2.07. The van der Waals surface area contributed by atoms with Crippen molar-refractivity contribution in [2.24, 2.45) is 0 Å². The number of hydrogen-bond acceptors (Lipinski definition) is 7. The molecular weight excluding hydrogens is 392 g/mol. The van der Waals surface area contributed by atoms with Crippen LogP contribution in [0.5, 0.6) is 0 Å². The highest BCUT2D eigenvalue weighted by molar-refractivity contribution is 7.98. The number of furan rings is 1. The van der Waals surface area contributed by atoms with Crippen LogP contribution in [0, 0.1) is 13.8 Å². The van der Waals surface area contributed by atoms with Crippen LogP contribution in [0.25, 0.3) is 21.3 Å². The molecule has 3 heterocycles. The number of benzene rings is 1. The van der Waals surface area contributed by atoms with E-state index in [0.29, 0.717) is 11.5 Å². The molecular formula is C21H18N2O3S2. The summed E-state index contributed by atoms with van der Waals surface area (Å²) >= 11 is 3.27. The van der Waals surface area contributed by atoms with Crippen LogP contribution in [-0.2, 0) is 10.5 Å². The average molecular weight is 411 g/mol. The second kappa shape index (κ2) is 7.77. The standard InChI is InChI=1S/C21H18N2O3S2/c1-12-17(14-7-5-4-6-8-14)18-19(22-13(2)23-20(18)28-12)27-11-15-9-10-16(26-15)21(24)25-3/h4-10H,11H2,1-3H3. The van der Waals surface area contributed by atoms with Gasteiger partial charge in [-0.1, -0.05) is 42.1 Å². The first kappa shape index (κ1) is 18.7. The fourth-order valence-electron chi connectivity index (χ4n) is 3.04. The van der Waals surface area contributed by atoms with Crippen molar-refractivity contribution >= 4 is 39.3 Å². The first-order valence-electron chi connectivity index (χ1n) is 8.70. The molecule has 0 aliphatic carbocycles. The summed E-state index contributed by atoms with van der Waals surface area (Å²) in [6, 6.07) is 13.7. The SMILES string of the molecule is COC(=O)c1ccc(CSc2nc(C)nc3sc(C)c(-c4ccccc4)c23)o1. The summed E-state index contributed by atoms with van der Waals surface area (Å²) in [7, 11) is 1.34. The summed E-state index contributed by atoms with van der Waals surface area (Å²) in [4.78, 5) is 23.1. The number of rotatable bonds is 5. The number of carbonyl (C=O) groups is 1. The Morgan fingerprint density at radius 2 is 1.93 bits per heavy atom. The van der Waals surface area contributed by atoms with Crippen molar-refractivity contribution in [3.63, 3.8) is 0 Å². The molecule has 0 amide bonds. The summed E-state index contributed by atoms with van der Waals surface area (Å²) in [6.45, 7) is 4.02. The van der Waals surface area contributed by atoms with Gasteiger partial charge < -0.3 is 9.15 Å². The molecule has 0 fully saturated rings. The van der Waals surface area contributed by atoms with Gasteiger partial charge in [0.25, 0.3) is 0 Å². The number of thioether (sulfide) groups is 1.